The molecule has 1 amide bonds. The van der Waals surface area contributed by atoms with Crippen LogP contribution >= 0.6 is 0 Å². The molecule has 106 valence electrons. The standard InChI is InChI=1S/C13H27N3O2/c1-10(17)8-16-6-4-12(5-7-16)9-15(3)13(18)11(2)14/h10-12,17H,4-9,14H2,1-3H3. The van der Waals surface area contributed by atoms with Crippen molar-refractivity contribution in [2.45, 2.75) is 38.8 Å². The monoisotopic (exact) mass is 257 g/mol. The highest BCUT2D eigenvalue weighted by molar-refractivity contribution is 5.80. The fourth-order valence-electron chi connectivity index (χ4n) is 2.55. The first kappa shape index (κ1) is 15.4. The Bertz CT molecular complexity index is 261. The van der Waals surface area contributed by atoms with Gasteiger partial charge in [-0.2, -0.15) is 0 Å². The molecule has 5 nitrogen and oxygen atoms in total. The first-order valence-corrected chi connectivity index (χ1v) is 6.81. The molecule has 18 heavy (non-hydrogen) atoms. The summed E-state index contributed by atoms with van der Waals surface area (Å²) in [5.41, 5.74) is 5.59. The number of piperidine rings is 1. The van der Waals surface area contributed by atoms with E-state index in [9.17, 15) is 9.90 Å². The fourth-order valence-corrected chi connectivity index (χ4v) is 2.55. The van der Waals surface area contributed by atoms with Crippen molar-refractivity contribution in [3.05, 3.63) is 0 Å². The van der Waals surface area contributed by atoms with Gasteiger partial charge in [-0.3, -0.25) is 4.79 Å². The summed E-state index contributed by atoms with van der Waals surface area (Å²) >= 11 is 0. The van der Waals surface area contributed by atoms with Crippen LogP contribution in [0.3, 0.4) is 0 Å². The van der Waals surface area contributed by atoms with E-state index >= 15 is 0 Å². The Morgan fingerprint density at radius 2 is 2.00 bits per heavy atom. The number of likely N-dealkylation sites (tertiary alicyclic amines) is 1. The molecule has 1 aliphatic heterocycles. The molecule has 5 heteroatoms. The molecule has 0 bridgehead atoms. The summed E-state index contributed by atoms with van der Waals surface area (Å²) in [7, 11) is 1.83. The molecule has 0 aromatic rings. The molecule has 0 radical (unpaired) electrons. The lowest BCUT2D eigenvalue weighted by molar-refractivity contribution is -0.131. The van der Waals surface area contributed by atoms with E-state index in [1.807, 2.05) is 14.0 Å². The topological polar surface area (TPSA) is 69.8 Å². The highest BCUT2D eigenvalue weighted by atomic mass is 16.3. The summed E-state index contributed by atoms with van der Waals surface area (Å²) in [4.78, 5) is 15.7. The first-order valence-electron chi connectivity index (χ1n) is 6.81. The van der Waals surface area contributed by atoms with Crippen molar-refractivity contribution >= 4 is 5.91 Å². The zero-order valence-corrected chi connectivity index (χ0v) is 11.8. The van der Waals surface area contributed by atoms with E-state index in [0.717, 1.165) is 39.0 Å². The molecule has 1 heterocycles. The first-order chi connectivity index (χ1) is 8.40. The van der Waals surface area contributed by atoms with E-state index in [-0.39, 0.29) is 12.0 Å². The SMILES string of the molecule is CC(O)CN1CCC(CN(C)C(=O)C(C)N)CC1. The van der Waals surface area contributed by atoms with Crippen LogP contribution in [-0.4, -0.2) is 66.2 Å². The Morgan fingerprint density at radius 1 is 1.44 bits per heavy atom. The summed E-state index contributed by atoms with van der Waals surface area (Å²) in [5.74, 6) is 0.573. The van der Waals surface area contributed by atoms with Crippen molar-refractivity contribution in [1.82, 2.24) is 9.80 Å². The Hall–Kier alpha value is -0.650. The van der Waals surface area contributed by atoms with Gasteiger partial charge < -0.3 is 20.6 Å². The van der Waals surface area contributed by atoms with E-state index in [1.165, 1.54) is 0 Å². The predicted molar refractivity (Wildman–Crippen MR) is 72.1 cm³/mol. The number of rotatable bonds is 5. The van der Waals surface area contributed by atoms with Crippen molar-refractivity contribution in [3.63, 3.8) is 0 Å². The van der Waals surface area contributed by atoms with Gasteiger partial charge >= 0.3 is 0 Å². The van der Waals surface area contributed by atoms with Crippen LogP contribution in [0.1, 0.15) is 26.7 Å². The average molecular weight is 257 g/mol. The van der Waals surface area contributed by atoms with Crippen LogP contribution in [0.2, 0.25) is 0 Å². The molecule has 1 aliphatic rings. The number of likely N-dealkylation sites (N-methyl/N-ethyl adjacent to an activating group) is 1. The Kier molecular flexibility index (Phi) is 6.05. The van der Waals surface area contributed by atoms with E-state index in [1.54, 1.807) is 11.8 Å². The third-order valence-corrected chi connectivity index (χ3v) is 3.53. The molecule has 0 aliphatic carbocycles. The van der Waals surface area contributed by atoms with Gasteiger partial charge in [0.25, 0.3) is 0 Å². The second-order valence-corrected chi connectivity index (χ2v) is 5.60. The summed E-state index contributed by atoms with van der Waals surface area (Å²) < 4.78 is 0. The number of aliphatic hydroxyl groups excluding tert-OH is 1. The highest BCUT2D eigenvalue weighted by Gasteiger charge is 2.23. The van der Waals surface area contributed by atoms with Crippen molar-refractivity contribution in [3.8, 4) is 0 Å². The molecule has 2 unspecified atom stereocenters. The molecule has 0 saturated carbocycles. The molecule has 1 rings (SSSR count). The number of hydrogen-bond donors (Lipinski definition) is 2. The third kappa shape index (κ3) is 4.92. The summed E-state index contributed by atoms with van der Waals surface area (Å²) in [6, 6.07) is -0.412. The summed E-state index contributed by atoms with van der Waals surface area (Å²) in [6.07, 6.45) is 1.91. The zero-order valence-electron chi connectivity index (χ0n) is 11.8. The average Bonchev–Trinajstić information content (AvgIpc) is 2.29. The maximum atomic E-state index is 11.7. The minimum atomic E-state index is -0.412. The Labute approximate surface area is 110 Å². The molecule has 0 spiro atoms. The van der Waals surface area contributed by atoms with Crippen molar-refractivity contribution < 1.29 is 9.90 Å². The largest absolute Gasteiger partial charge is 0.392 e. The van der Waals surface area contributed by atoms with Crippen molar-refractivity contribution in [2.24, 2.45) is 11.7 Å². The van der Waals surface area contributed by atoms with E-state index in [4.69, 9.17) is 5.73 Å². The second-order valence-electron chi connectivity index (χ2n) is 5.60. The predicted octanol–water partition coefficient (Wildman–Crippen LogP) is -0.115. The fraction of sp³-hybridized carbons (Fsp3) is 0.923. The van der Waals surface area contributed by atoms with Crippen LogP contribution in [-0.2, 0) is 4.79 Å². The number of β-amino-alcohol motifs (C(OH)–C–C–N with tert-alkyl or cyclic N) is 1. The Morgan fingerprint density at radius 3 is 2.44 bits per heavy atom. The Balaban J connectivity index is 2.29. The van der Waals surface area contributed by atoms with Crippen LogP contribution in [0.25, 0.3) is 0 Å². The number of hydrogen-bond acceptors (Lipinski definition) is 4. The summed E-state index contributed by atoms with van der Waals surface area (Å²) in [6.45, 7) is 7.11. The van der Waals surface area contributed by atoms with Gasteiger partial charge in [0.2, 0.25) is 5.91 Å². The van der Waals surface area contributed by atoms with Crippen LogP contribution in [0, 0.1) is 5.92 Å². The number of aliphatic hydroxyl groups is 1. The van der Waals surface area contributed by atoms with Gasteiger partial charge in [-0.15, -0.1) is 0 Å². The molecule has 2 atom stereocenters. The molecule has 0 aromatic heterocycles. The van der Waals surface area contributed by atoms with Crippen LogP contribution < -0.4 is 5.73 Å². The number of carbonyl (C=O) groups excluding carboxylic acids is 1. The van der Waals surface area contributed by atoms with E-state index in [0.29, 0.717) is 5.92 Å². The van der Waals surface area contributed by atoms with E-state index in [2.05, 4.69) is 4.90 Å². The summed E-state index contributed by atoms with van der Waals surface area (Å²) in [5, 5.41) is 9.34. The number of nitrogens with zero attached hydrogens (tertiary/aromatic N) is 2. The lowest BCUT2D eigenvalue weighted by atomic mass is 9.96. The maximum absolute atomic E-state index is 11.7. The van der Waals surface area contributed by atoms with Crippen LogP contribution in [0.15, 0.2) is 0 Å². The number of amides is 1. The molecule has 1 fully saturated rings. The molecule has 0 aromatic carbocycles. The number of nitrogens with two attached hydrogens (primary N) is 1. The zero-order chi connectivity index (χ0) is 13.7. The van der Waals surface area contributed by atoms with Gasteiger partial charge in [0.15, 0.2) is 0 Å². The smallest absolute Gasteiger partial charge is 0.238 e. The minimum absolute atomic E-state index is 0.0152. The lowest BCUT2D eigenvalue weighted by Crippen LogP contribution is -2.45. The second kappa shape index (κ2) is 7.07. The van der Waals surface area contributed by atoms with Crippen LogP contribution in [0.5, 0.6) is 0 Å². The molecular formula is C13H27N3O2. The van der Waals surface area contributed by atoms with Gasteiger partial charge in [0.1, 0.15) is 0 Å². The van der Waals surface area contributed by atoms with Crippen molar-refractivity contribution in [2.75, 3.05) is 33.2 Å². The molecular weight excluding hydrogens is 230 g/mol. The van der Waals surface area contributed by atoms with Gasteiger partial charge in [0, 0.05) is 20.1 Å². The quantitative estimate of drug-likeness (QED) is 0.721. The maximum Gasteiger partial charge on any atom is 0.238 e. The van der Waals surface area contributed by atoms with Gasteiger partial charge in [-0.25, -0.2) is 0 Å². The third-order valence-electron chi connectivity index (χ3n) is 3.53. The number of carbonyl (C=O) groups is 1. The molecule has 3 N–H and O–H groups in total. The lowest BCUT2D eigenvalue weighted by Gasteiger charge is -2.34. The molecule has 1 saturated heterocycles. The van der Waals surface area contributed by atoms with E-state index < -0.39 is 6.04 Å². The van der Waals surface area contributed by atoms with Gasteiger partial charge in [-0.05, 0) is 45.7 Å². The van der Waals surface area contributed by atoms with Gasteiger partial charge in [-0.1, -0.05) is 0 Å². The van der Waals surface area contributed by atoms with Crippen molar-refractivity contribution in [1.29, 1.82) is 0 Å². The highest BCUT2D eigenvalue weighted by Crippen LogP contribution is 2.18. The normalized spacial score (nSPS) is 21.6. The van der Waals surface area contributed by atoms with Gasteiger partial charge in [0.05, 0.1) is 12.1 Å². The van der Waals surface area contributed by atoms with Crippen LogP contribution in [0.4, 0.5) is 0 Å². The minimum Gasteiger partial charge on any atom is -0.392 e.